The van der Waals surface area contributed by atoms with Gasteiger partial charge in [-0.05, 0) is 47.8 Å². The maximum Gasteiger partial charge on any atom is 0.344 e. The third kappa shape index (κ3) is 3.70. The zero-order valence-corrected chi connectivity index (χ0v) is 19.6. The molecule has 8 heteroatoms. The Balaban J connectivity index is 1.51. The standard InChI is InChI=1S/C25H16BrNO5S/c26-15-3-5-21-14(8-15)9-19(25(29)31-21)18-10-23(28)32-24-17(18)4-6-22-20(24)12-27(13-30-22)11-16-2-1-7-33-16/h1-10H,11-13H2. The van der Waals surface area contributed by atoms with Crippen LogP contribution in [-0.4, -0.2) is 11.6 Å². The van der Waals surface area contributed by atoms with Crippen molar-refractivity contribution < 1.29 is 13.6 Å². The first kappa shape index (κ1) is 20.4. The maximum absolute atomic E-state index is 12.8. The molecule has 6 rings (SSSR count). The van der Waals surface area contributed by atoms with Crippen LogP contribution >= 0.6 is 27.3 Å². The fraction of sp³-hybridized carbons (Fsp3) is 0.120. The summed E-state index contributed by atoms with van der Waals surface area (Å²) in [5, 5.41) is 3.46. The van der Waals surface area contributed by atoms with Crippen molar-refractivity contribution in [2.75, 3.05) is 6.73 Å². The van der Waals surface area contributed by atoms with E-state index in [-0.39, 0.29) is 0 Å². The van der Waals surface area contributed by atoms with Gasteiger partial charge >= 0.3 is 11.3 Å². The van der Waals surface area contributed by atoms with E-state index in [1.165, 1.54) is 10.9 Å². The molecule has 1 aliphatic heterocycles. The van der Waals surface area contributed by atoms with E-state index in [1.54, 1.807) is 23.5 Å². The number of benzene rings is 2. The number of rotatable bonds is 3. The molecule has 164 valence electrons. The SMILES string of the molecule is O=c1cc(-c2cc3cc(Br)ccc3oc2=O)c2ccc3c(c2o1)CN(Cc1cccs1)CO3. The lowest BCUT2D eigenvalue weighted by Gasteiger charge is -2.29. The highest BCUT2D eigenvalue weighted by Gasteiger charge is 2.24. The van der Waals surface area contributed by atoms with Gasteiger partial charge in [0.25, 0.3) is 0 Å². The van der Waals surface area contributed by atoms with Gasteiger partial charge < -0.3 is 13.6 Å². The molecule has 5 aromatic rings. The van der Waals surface area contributed by atoms with Crippen LogP contribution in [0.4, 0.5) is 0 Å². The molecule has 2 aromatic carbocycles. The van der Waals surface area contributed by atoms with Gasteiger partial charge in [-0.3, -0.25) is 4.90 Å². The Morgan fingerprint density at radius 3 is 2.76 bits per heavy atom. The molecule has 0 saturated carbocycles. The summed E-state index contributed by atoms with van der Waals surface area (Å²) in [6.45, 7) is 1.75. The van der Waals surface area contributed by atoms with E-state index >= 15 is 0 Å². The van der Waals surface area contributed by atoms with E-state index < -0.39 is 11.3 Å². The zero-order chi connectivity index (χ0) is 22.5. The van der Waals surface area contributed by atoms with Crippen molar-refractivity contribution in [3.63, 3.8) is 0 Å². The fourth-order valence-electron chi connectivity index (χ4n) is 4.21. The highest BCUT2D eigenvalue weighted by atomic mass is 79.9. The monoisotopic (exact) mass is 521 g/mol. The molecule has 0 fully saturated rings. The van der Waals surface area contributed by atoms with Gasteiger partial charge in [0.1, 0.15) is 23.6 Å². The summed E-state index contributed by atoms with van der Waals surface area (Å²) in [5.74, 6) is 0.680. The van der Waals surface area contributed by atoms with E-state index in [4.69, 9.17) is 13.6 Å². The van der Waals surface area contributed by atoms with Crippen molar-refractivity contribution in [1.82, 2.24) is 4.90 Å². The van der Waals surface area contributed by atoms with Gasteiger partial charge in [0.2, 0.25) is 0 Å². The Labute approximate surface area is 199 Å². The lowest BCUT2D eigenvalue weighted by atomic mass is 9.99. The third-order valence-electron chi connectivity index (χ3n) is 5.70. The summed E-state index contributed by atoms with van der Waals surface area (Å²) < 4.78 is 18.0. The van der Waals surface area contributed by atoms with Gasteiger partial charge in [-0.15, -0.1) is 11.3 Å². The van der Waals surface area contributed by atoms with Crippen molar-refractivity contribution >= 4 is 49.2 Å². The number of halogens is 1. The lowest BCUT2D eigenvalue weighted by molar-refractivity contribution is 0.0899. The van der Waals surface area contributed by atoms with Crippen LogP contribution in [0.5, 0.6) is 5.75 Å². The van der Waals surface area contributed by atoms with Crippen LogP contribution in [0.1, 0.15) is 10.4 Å². The largest absolute Gasteiger partial charge is 0.478 e. The number of fused-ring (bicyclic) bond motifs is 4. The molecule has 33 heavy (non-hydrogen) atoms. The van der Waals surface area contributed by atoms with Gasteiger partial charge in [-0.2, -0.15) is 0 Å². The molecule has 0 aliphatic carbocycles. The molecule has 0 saturated heterocycles. The quantitative estimate of drug-likeness (QED) is 0.282. The van der Waals surface area contributed by atoms with Crippen molar-refractivity contribution in [3.05, 3.63) is 95.7 Å². The summed E-state index contributed by atoms with van der Waals surface area (Å²) in [4.78, 5) is 28.8. The van der Waals surface area contributed by atoms with Crippen molar-refractivity contribution in [2.24, 2.45) is 0 Å². The minimum absolute atomic E-state index is 0.311. The molecule has 6 nitrogen and oxygen atoms in total. The first-order valence-corrected chi connectivity index (χ1v) is 11.9. The van der Waals surface area contributed by atoms with Crippen molar-refractivity contribution in [3.8, 4) is 16.9 Å². The highest BCUT2D eigenvalue weighted by Crippen LogP contribution is 2.36. The molecule has 0 spiro atoms. The van der Waals surface area contributed by atoms with E-state index in [9.17, 15) is 9.59 Å². The molecular weight excluding hydrogens is 506 g/mol. The molecule has 1 aliphatic rings. The van der Waals surface area contributed by atoms with Crippen LogP contribution in [0.15, 0.2) is 82.9 Å². The second-order valence-corrected chi connectivity index (χ2v) is 9.82. The summed E-state index contributed by atoms with van der Waals surface area (Å²) in [7, 11) is 0. The predicted octanol–water partition coefficient (Wildman–Crippen LogP) is 5.74. The number of hydrogen-bond acceptors (Lipinski definition) is 7. The van der Waals surface area contributed by atoms with Crippen molar-refractivity contribution in [1.29, 1.82) is 0 Å². The third-order valence-corrected chi connectivity index (χ3v) is 7.06. The Hall–Kier alpha value is -3.20. The van der Waals surface area contributed by atoms with Crippen LogP contribution in [-0.2, 0) is 13.1 Å². The van der Waals surface area contributed by atoms with Gasteiger partial charge in [-0.1, -0.05) is 22.0 Å². The maximum atomic E-state index is 12.8. The number of ether oxygens (including phenoxy) is 1. The molecule has 0 N–H and O–H groups in total. The minimum Gasteiger partial charge on any atom is -0.478 e. The topological polar surface area (TPSA) is 72.9 Å². The minimum atomic E-state index is -0.532. The molecule has 0 bridgehead atoms. The second kappa shape index (κ2) is 7.98. The summed E-state index contributed by atoms with van der Waals surface area (Å²) >= 11 is 5.14. The van der Waals surface area contributed by atoms with Crippen LogP contribution in [0.2, 0.25) is 0 Å². The van der Waals surface area contributed by atoms with Crippen LogP contribution in [0.25, 0.3) is 33.1 Å². The van der Waals surface area contributed by atoms with E-state index in [0.717, 1.165) is 22.0 Å². The average Bonchev–Trinajstić information content (AvgIpc) is 3.31. The Bertz CT molecular complexity index is 1640. The second-order valence-electron chi connectivity index (χ2n) is 7.87. The van der Waals surface area contributed by atoms with Crippen LogP contribution < -0.4 is 16.0 Å². The normalized spacial score (nSPS) is 13.8. The molecule has 0 atom stereocenters. The zero-order valence-electron chi connectivity index (χ0n) is 17.2. The number of hydrogen-bond donors (Lipinski definition) is 0. The van der Waals surface area contributed by atoms with Crippen LogP contribution in [0, 0.1) is 0 Å². The number of nitrogens with zero attached hydrogens (tertiary/aromatic N) is 1. The predicted molar refractivity (Wildman–Crippen MR) is 131 cm³/mol. The first-order chi connectivity index (χ1) is 16.0. The Morgan fingerprint density at radius 2 is 1.91 bits per heavy atom. The summed E-state index contributed by atoms with van der Waals surface area (Å²) in [6, 6.07) is 16.3. The molecular formula is C25H16BrNO5S. The van der Waals surface area contributed by atoms with Gasteiger partial charge in [0, 0.05) is 44.8 Å². The first-order valence-electron chi connectivity index (χ1n) is 10.3. The average molecular weight is 522 g/mol. The summed E-state index contributed by atoms with van der Waals surface area (Å²) in [6.07, 6.45) is 0. The molecule has 3 aromatic heterocycles. The highest BCUT2D eigenvalue weighted by molar-refractivity contribution is 9.10. The summed E-state index contributed by atoms with van der Waals surface area (Å²) in [5.41, 5.74) is 1.46. The van der Waals surface area contributed by atoms with Gasteiger partial charge in [0.15, 0.2) is 0 Å². The van der Waals surface area contributed by atoms with Gasteiger partial charge in [-0.25, -0.2) is 9.59 Å². The van der Waals surface area contributed by atoms with E-state index in [2.05, 4.69) is 26.9 Å². The Morgan fingerprint density at radius 1 is 1.00 bits per heavy atom. The molecule has 0 amide bonds. The Kier molecular flexibility index (Phi) is 4.94. The molecule has 0 unspecified atom stereocenters. The van der Waals surface area contributed by atoms with E-state index in [0.29, 0.717) is 46.7 Å². The lowest BCUT2D eigenvalue weighted by Crippen LogP contribution is -2.31. The van der Waals surface area contributed by atoms with E-state index in [1.807, 2.05) is 35.7 Å². The fourth-order valence-corrected chi connectivity index (χ4v) is 5.33. The number of thiophene rings is 1. The molecule has 4 heterocycles. The van der Waals surface area contributed by atoms with Gasteiger partial charge in [0.05, 0.1) is 11.1 Å². The smallest absolute Gasteiger partial charge is 0.344 e. The van der Waals surface area contributed by atoms with Crippen LogP contribution in [0.3, 0.4) is 0 Å². The molecule has 0 radical (unpaired) electrons. The van der Waals surface area contributed by atoms with Crippen molar-refractivity contribution in [2.45, 2.75) is 13.1 Å².